The van der Waals surface area contributed by atoms with E-state index in [0.717, 1.165) is 18.8 Å². The second-order valence-corrected chi connectivity index (χ2v) is 5.64. The Morgan fingerprint density at radius 3 is 2.50 bits per heavy atom. The third-order valence-corrected chi connectivity index (χ3v) is 4.47. The monoisotopic (exact) mass is 251 g/mol. The van der Waals surface area contributed by atoms with Crippen molar-refractivity contribution < 1.29 is 9.50 Å². The van der Waals surface area contributed by atoms with Crippen LogP contribution < -0.4 is 0 Å². The van der Waals surface area contributed by atoms with Gasteiger partial charge in [0.2, 0.25) is 0 Å². The highest BCUT2D eigenvalue weighted by Crippen LogP contribution is 2.40. The Hall–Kier alpha value is -0.960. The summed E-state index contributed by atoms with van der Waals surface area (Å²) in [5.41, 5.74) is -0.351. The largest absolute Gasteiger partial charge is 0.384 e. The highest BCUT2D eigenvalue weighted by atomic mass is 19.1. The van der Waals surface area contributed by atoms with E-state index in [9.17, 15) is 9.50 Å². The fourth-order valence-corrected chi connectivity index (χ4v) is 3.02. The van der Waals surface area contributed by atoms with Crippen LogP contribution in [-0.2, 0) is 5.60 Å². The molecular weight excluding hydrogens is 229 g/mol. The summed E-state index contributed by atoms with van der Waals surface area (Å²) in [6.45, 7) is 4.04. The SMILES string of the molecule is CCC1CCC(C(C)(O)c2ccc(F)cn2)CC1. The van der Waals surface area contributed by atoms with Crippen LogP contribution in [0.4, 0.5) is 4.39 Å². The van der Waals surface area contributed by atoms with E-state index >= 15 is 0 Å². The molecule has 1 saturated carbocycles. The van der Waals surface area contributed by atoms with Crippen molar-refractivity contribution in [2.45, 2.75) is 51.6 Å². The molecule has 0 spiro atoms. The predicted molar refractivity (Wildman–Crippen MR) is 69.5 cm³/mol. The zero-order valence-electron chi connectivity index (χ0n) is 11.2. The van der Waals surface area contributed by atoms with Gasteiger partial charge >= 0.3 is 0 Å². The molecule has 0 aliphatic heterocycles. The van der Waals surface area contributed by atoms with Crippen molar-refractivity contribution in [1.29, 1.82) is 0 Å². The van der Waals surface area contributed by atoms with Crippen molar-refractivity contribution in [3.8, 4) is 0 Å². The lowest BCUT2D eigenvalue weighted by atomic mass is 9.72. The van der Waals surface area contributed by atoms with Gasteiger partial charge in [-0.3, -0.25) is 4.98 Å². The van der Waals surface area contributed by atoms with E-state index in [-0.39, 0.29) is 11.7 Å². The molecule has 0 aromatic carbocycles. The molecule has 1 aliphatic rings. The van der Waals surface area contributed by atoms with Crippen molar-refractivity contribution in [1.82, 2.24) is 4.98 Å². The van der Waals surface area contributed by atoms with Gasteiger partial charge in [0.05, 0.1) is 11.9 Å². The lowest BCUT2D eigenvalue weighted by Crippen LogP contribution is -2.35. The quantitative estimate of drug-likeness (QED) is 0.889. The van der Waals surface area contributed by atoms with Gasteiger partial charge in [-0.15, -0.1) is 0 Å². The van der Waals surface area contributed by atoms with E-state index in [2.05, 4.69) is 11.9 Å². The second kappa shape index (κ2) is 5.35. The molecule has 1 fully saturated rings. The minimum absolute atomic E-state index is 0.235. The van der Waals surface area contributed by atoms with Gasteiger partial charge in [-0.05, 0) is 43.7 Å². The van der Waals surface area contributed by atoms with E-state index in [0.29, 0.717) is 5.69 Å². The molecule has 1 N–H and O–H groups in total. The van der Waals surface area contributed by atoms with Crippen LogP contribution in [0.5, 0.6) is 0 Å². The van der Waals surface area contributed by atoms with Crippen LogP contribution in [0.1, 0.15) is 51.6 Å². The van der Waals surface area contributed by atoms with Crippen LogP contribution in [0.2, 0.25) is 0 Å². The summed E-state index contributed by atoms with van der Waals surface area (Å²) in [6.07, 6.45) is 6.83. The fourth-order valence-electron chi connectivity index (χ4n) is 3.02. The maximum atomic E-state index is 12.9. The minimum Gasteiger partial charge on any atom is -0.384 e. The molecule has 2 nitrogen and oxygen atoms in total. The molecule has 1 unspecified atom stereocenters. The molecule has 2 rings (SSSR count). The molecule has 1 aromatic heterocycles. The van der Waals surface area contributed by atoms with Crippen molar-refractivity contribution in [2.24, 2.45) is 11.8 Å². The summed E-state index contributed by atoms with van der Waals surface area (Å²) < 4.78 is 12.9. The van der Waals surface area contributed by atoms with Gasteiger partial charge in [-0.25, -0.2) is 4.39 Å². The number of hydrogen-bond acceptors (Lipinski definition) is 2. The highest BCUT2D eigenvalue weighted by molar-refractivity contribution is 5.14. The van der Waals surface area contributed by atoms with E-state index in [1.54, 1.807) is 6.07 Å². The Morgan fingerprint density at radius 2 is 2.00 bits per heavy atom. The van der Waals surface area contributed by atoms with Crippen molar-refractivity contribution in [3.05, 3.63) is 29.8 Å². The van der Waals surface area contributed by atoms with Crippen LogP contribution in [0.25, 0.3) is 0 Å². The number of pyridine rings is 1. The number of rotatable bonds is 3. The van der Waals surface area contributed by atoms with E-state index < -0.39 is 5.60 Å². The zero-order valence-corrected chi connectivity index (χ0v) is 11.2. The van der Waals surface area contributed by atoms with Gasteiger partial charge in [0.25, 0.3) is 0 Å². The maximum Gasteiger partial charge on any atom is 0.141 e. The molecule has 0 saturated heterocycles. The molecule has 18 heavy (non-hydrogen) atoms. The molecule has 3 heteroatoms. The van der Waals surface area contributed by atoms with E-state index in [1.165, 1.54) is 31.5 Å². The molecule has 0 amide bonds. The smallest absolute Gasteiger partial charge is 0.141 e. The summed E-state index contributed by atoms with van der Waals surface area (Å²) in [4.78, 5) is 4.04. The van der Waals surface area contributed by atoms with Gasteiger partial charge in [0.1, 0.15) is 11.4 Å². The summed E-state index contributed by atoms with van der Waals surface area (Å²) in [7, 11) is 0. The van der Waals surface area contributed by atoms with Gasteiger partial charge in [-0.2, -0.15) is 0 Å². The Kier molecular flexibility index (Phi) is 4.00. The van der Waals surface area contributed by atoms with Crippen LogP contribution >= 0.6 is 0 Å². The lowest BCUT2D eigenvalue weighted by molar-refractivity contribution is -0.0312. The first-order chi connectivity index (χ1) is 8.54. The highest BCUT2D eigenvalue weighted by Gasteiger charge is 2.37. The van der Waals surface area contributed by atoms with Crippen LogP contribution in [0, 0.1) is 17.7 Å². The van der Waals surface area contributed by atoms with Gasteiger partial charge < -0.3 is 5.11 Å². The molecule has 0 bridgehead atoms. The van der Waals surface area contributed by atoms with Gasteiger partial charge in [-0.1, -0.05) is 26.2 Å². The Morgan fingerprint density at radius 1 is 1.33 bits per heavy atom. The lowest BCUT2D eigenvalue weighted by Gasteiger charge is -2.37. The molecule has 1 aromatic rings. The van der Waals surface area contributed by atoms with Crippen LogP contribution in [0.3, 0.4) is 0 Å². The third kappa shape index (κ3) is 2.72. The maximum absolute atomic E-state index is 12.9. The standard InChI is InChI=1S/C15H22FNO/c1-3-11-4-6-12(7-5-11)15(2,18)14-9-8-13(16)10-17-14/h8-12,18H,3-7H2,1-2H3. The Balaban J connectivity index is 2.09. The fraction of sp³-hybridized carbons (Fsp3) is 0.667. The molecule has 1 heterocycles. The van der Waals surface area contributed by atoms with Crippen LogP contribution in [-0.4, -0.2) is 10.1 Å². The van der Waals surface area contributed by atoms with E-state index in [1.807, 2.05) is 6.92 Å². The first kappa shape index (κ1) is 13.5. The first-order valence-corrected chi connectivity index (χ1v) is 6.88. The zero-order chi connectivity index (χ0) is 13.2. The Labute approximate surface area is 108 Å². The number of nitrogens with zero attached hydrogens (tertiary/aromatic N) is 1. The van der Waals surface area contributed by atoms with Crippen molar-refractivity contribution >= 4 is 0 Å². The summed E-state index contributed by atoms with van der Waals surface area (Å²) >= 11 is 0. The van der Waals surface area contributed by atoms with Crippen LogP contribution in [0.15, 0.2) is 18.3 Å². The molecular formula is C15H22FNO. The van der Waals surface area contributed by atoms with Crippen molar-refractivity contribution in [3.63, 3.8) is 0 Å². The topological polar surface area (TPSA) is 33.1 Å². The predicted octanol–water partition coefficient (Wildman–Crippen LogP) is 3.64. The first-order valence-electron chi connectivity index (χ1n) is 6.88. The summed E-state index contributed by atoms with van der Waals surface area (Å²) in [5.74, 6) is 0.681. The summed E-state index contributed by atoms with van der Waals surface area (Å²) in [6, 6.07) is 2.97. The molecule has 100 valence electrons. The normalized spacial score (nSPS) is 27.8. The minimum atomic E-state index is -0.938. The number of aromatic nitrogens is 1. The Bertz CT molecular complexity index is 380. The molecule has 0 radical (unpaired) electrons. The summed E-state index contributed by atoms with van der Waals surface area (Å²) in [5, 5.41) is 10.7. The average molecular weight is 251 g/mol. The third-order valence-electron chi connectivity index (χ3n) is 4.47. The second-order valence-electron chi connectivity index (χ2n) is 5.64. The van der Waals surface area contributed by atoms with Gasteiger partial charge in [0, 0.05) is 0 Å². The molecule has 1 atom stereocenters. The van der Waals surface area contributed by atoms with E-state index in [4.69, 9.17) is 0 Å². The van der Waals surface area contributed by atoms with Crippen molar-refractivity contribution in [2.75, 3.05) is 0 Å². The number of hydrogen-bond donors (Lipinski definition) is 1. The van der Waals surface area contributed by atoms with Gasteiger partial charge in [0.15, 0.2) is 0 Å². The number of aliphatic hydroxyl groups is 1. The number of halogens is 1. The molecule has 1 aliphatic carbocycles. The average Bonchev–Trinajstić information content (AvgIpc) is 2.39.